The molecule has 3 aliphatic heterocycles. The number of allylic oxidation sites excluding steroid dienone is 7. The van der Waals surface area contributed by atoms with E-state index in [-0.39, 0.29) is 187 Å². The van der Waals surface area contributed by atoms with Gasteiger partial charge in [0, 0.05) is 64.5 Å². The Balaban J connectivity index is 0.00000212. The Bertz CT molecular complexity index is 4620. The Morgan fingerprint density at radius 1 is 0.738 bits per heavy atom. The fraction of sp³-hybridized carbons (Fsp3) is 0.310. The number of hydrogen-bond acceptors (Lipinski definition) is 17. The Morgan fingerprint density at radius 3 is 2.26 bits per heavy atom. The summed E-state index contributed by atoms with van der Waals surface area (Å²) in [6.07, 6.45) is 17.8. The molecule has 2 unspecified atom stereocenters. The van der Waals surface area contributed by atoms with Crippen molar-refractivity contribution in [3.8, 4) is 52.2 Å². The molecule has 5 heterocycles. The molecule has 3 aromatic carbocycles. The predicted molar refractivity (Wildman–Crippen MR) is 289 cm³/mol. The summed E-state index contributed by atoms with van der Waals surface area (Å²) in [4.78, 5) is 33.5. The zero-order valence-corrected chi connectivity index (χ0v) is 57.7. The van der Waals surface area contributed by atoms with Gasteiger partial charge in [0.2, 0.25) is 0 Å². The first-order valence-corrected chi connectivity index (χ1v) is 30.4. The van der Waals surface area contributed by atoms with Crippen molar-refractivity contribution in [1.29, 1.82) is 0 Å². The monoisotopic (exact) mass is 1260 g/mol. The molecule has 408 valence electrons. The van der Waals surface area contributed by atoms with Crippen LogP contribution in [0.5, 0.6) is 5.75 Å². The summed E-state index contributed by atoms with van der Waals surface area (Å²) in [6.45, 7) is 2.30. The fourth-order valence-corrected chi connectivity index (χ4v) is 15.1. The number of rotatable bonds is 7. The van der Waals surface area contributed by atoms with Crippen LogP contribution in [0.4, 0.5) is 0 Å². The summed E-state index contributed by atoms with van der Waals surface area (Å²) >= 11 is 0. The van der Waals surface area contributed by atoms with Crippen molar-refractivity contribution in [3.63, 3.8) is 0 Å². The minimum atomic E-state index is -4.99. The van der Waals surface area contributed by atoms with Gasteiger partial charge in [-0.05, 0) is 171 Å². The second-order valence-electron chi connectivity index (χ2n) is 21.8. The first kappa shape index (κ1) is 64.4. The van der Waals surface area contributed by atoms with E-state index >= 15 is 0 Å². The first-order chi connectivity index (χ1) is 38.1. The Hall–Kier alpha value is -4.05. The third-order valence-corrected chi connectivity index (χ3v) is 20.0. The zero-order valence-electron chi connectivity index (χ0n) is 46.3. The Labute approximate surface area is 563 Å². The minimum Gasteiger partial charge on any atom is -0.744 e. The molecule has 0 amide bonds. The summed E-state index contributed by atoms with van der Waals surface area (Å²) in [5.41, 5.74) is 3.50. The van der Waals surface area contributed by atoms with Crippen molar-refractivity contribution in [2.75, 3.05) is 0 Å². The van der Waals surface area contributed by atoms with E-state index in [1.54, 1.807) is 24.3 Å². The Morgan fingerprint density at radius 2 is 1.49 bits per heavy atom. The molecule has 4 N–H and O–H groups in total. The second-order valence-corrected chi connectivity index (χ2v) is 25.9. The van der Waals surface area contributed by atoms with Gasteiger partial charge in [-0.2, -0.15) is 0 Å². The summed E-state index contributed by atoms with van der Waals surface area (Å²) < 4.78 is 111. The van der Waals surface area contributed by atoms with E-state index in [4.69, 9.17) is 24.9 Å². The molecule has 0 saturated heterocycles. The van der Waals surface area contributed by atoms with Gasteiger partial charge in [0.05, 0.1) is 32.1 Å². The van der Waals surface area contributed by atoms with Gasteiger partial charge >= 0.3 is 88.7 Å². The molecule has 8 bridgehead atoms. The molecule has 5 aliphatic carbocycles. The quantitative estimate of drug-likeness (QED) is 0.0531. The number of unbranched alkanes of at least 4 members (excludes halogenated alkanes) is 2. The van der Waals surface area contributed by atoms with E-state index in [0.717, 1.165) is 75.6 Å². The SMILES string of the molecule is C[C@]12CC[C@@H]3c4ccc(O)cc4CC[C@H]3[C@@H]1CC[C@]2(O)CCCCC#CC#CC1=CC=CC2=c3nc(nc4[nH]c(nc5nc(nc6[nH]c(n3)c3cc(S(=O)(=O)[O-])ccc63)-c3cc(S(=O)(=O)[O-])ccc3-5)=C3C=C(S(=O)(=O)[O-])C=CC34)C12.[Na+].[Na+].[Na+].[Zn]. The number of aromatic amines is 2. The van der Waals surface area contributed by atoms with Crippen LogP contribution in [0.2, 0.25) is 0 Å². The maximum absolute atomic E-state index is 12.4. The van der Waals surface area contributed by atoms with E-state index in [1.807, 2.05) is 6.07 Å². The largest absolute Gasteiger partial charge is 1.00 e. The molecule has 2 saturated carbocycles. The topological polar surface area (TPSA) is 321 Å². The normalized spacial score (nSPS) is 23.7. The number of phenolic OH excluding ortho intramolecular Hbond substituents is 1. The van der Waals surface area contributed by atoms with Crippen LogP contribution >= 0.6 is 0 Å². The second kappa shape index (κ2) is 24.1. The summed E-state index contributed by atoms with van der Waals surface area (Å²) in [7, 11) is -14.9. The Kier molecular flexibility index (Phi) is 18.5. The number of H-pyrrole nitrogens is 2. The van der Waals surface area contributed by atoms with E-state index < -0.39 is 62.5 Å². The molecule has 26 heteroatoms. The molecule has 8 aliphatic rings. The van der Waals surface area contributed by atoms with Gasteiger partial charge in [-0.3, -0.25) is 0 Å². The van der Waals surface area contributed by atoms with Crippen LogP contribution in [0.25, 0.3) is 56.0 Å². The summed E-state index contributed by atoms with van der Waals surface area (Å²) in [5, 5.41) is 22.8. The number of nitrogens with one attached hydrogen (secondary N) is 2. The van der Waals surface area contributed by atoms with Crippen LogP contribution in [-0.2, 0) is 56.3 Å². The van der Waals surface area contributed by atoms with Crippen molar-refractivity contribution >= 4 is 63.6 Å². The van der Waals surface area contributed by atoms with Crippen LogP contribution in [0.15, 0.2) is 111 Å². The molecule has 13 rings (SSSR count). The fourth-order valence-electron chi connectivity index (χ4n) is 13.6. The van der Waals surface area contributed by atoms with Crippen LogP contribution in [-0.4, -0.2) is 94.6 Å². The van der Waals surface area contributed by atoms with Crippen molar-refractivity contribution in [2.24, 2.45) is 17.3 Å². The number of benzene rings is 3. The van der Waals surface area contributed by atoms with Crippen LogP contribution in [0, 0.1) is 40.9 Å². The van der Waals surface area contributed by atoms with Crippen molar-refractivity contribution in [3.05, 3.63) is 135 Å². The summed E-state index contributed by atoms with van der Waals surface area (Å²) in [6, 6.07) is 12.9. The number of aryl methyl sites for hydroxylation is 1. The molecular weight excluding hydrogens is 1220 g/mol. The van der Waals surface area contributed by atoms with Gasteiger partial charge < -0.3 is 33.8 Å². The summed E-state index contributed by atoms with van der Waals surface area (Å²) in [5.74, 6) is 12.8. The molecule has 19 nitrogen and oxygen atoms in total. The van der Waals surface area contributed by atoms with E-state index in [1.165, 1.54) is 41.5 Å². The van der Waals surface area contributed by atoms with Crippen molar-refractivity contribution < 1.29 is 157 Å². The molecule has 0 radical (unpaired) electrons. The number of nitrogens with zero attached hydrogens (tertiary/aromatic N) is 6. The van der Waals surface area contributed by atoms with E-state index in [0.29, 0.717) is 47.5 Å². The molecule has 2 fully saturated rings. The maximum Gasteiger partial charge on any atom is 1.00 e. The molecule has 0 spiro atoms. The number of aromatic nitrogens is 8. The van der Waals surface area contributed by atoms with Gasteiger partial charge in [-0.15, -0.1) is 0 Å². The molecule has 84 heavy (non-hydrogen) atoms. The van der Waals surface area contributed by atoms with Gasteiger partial charge in [0.15, 0.2) is 17.1 Å². The van der Waals surface area contributed by atoms with Gasteiger partial charge in [-0.1, -0.05) is 43.1 Å². The third-order valence-electron chi connectivity index (χ3n) is 17.5. The average Bonchev–Trinajstić information content (AvgIpc) is 2.65. The molecule has 7 atom stereocenters. The molecule has 2 aromatic heterocycles. The standard InChI is InChI=1S/C58H50N8O11S3.3Na.Zn/c1-57-25-22-38-37-18-13-33(67)27-32(37)12-17-39(38)47(57)23-26-58(57,68)24-7-5-3-2-4-6-9-31-10-8-11-43-48(31)56-65-51-42-21-16-36(80(75,76)77)30-46(42)54(63-51)61-49-40-19-14-34(78(69,70)71)28-44(40)53(59-49)60-50-41-20-15-35(79(72,73)74)29-45(41)55(62-50)64-52(43)66-56;;;;/h8,10-11,13-16,18-21,27-30,38-39,42,47-48,67-68H,3,5,7,12,17,22-26H2,1H3,(H,63,65,66)(H,69,70,71)(H,72,73,74)(H,75,76,77)(H,59,60,61,62,64);;;;/q;3*+1;/p-3/t38-,39-,42?,47+,48?,57+,58-;;;;/m1..../s1. The molecular formula is C58H47N8Na3O11S3Zn. The predicted octanol–water partition coefficient (Wildman–Crippen LogP) is -3.15. The third kappa shape index (κ3) is 11.5. The average molecular weight is 1260 g/mol. The first-order valence-electron chi connectivity index (χ1n) is 26.2. The number of aliphatic hydroxyl groups is 1. The van der Waals surface area contributed by atoms with Gasteiger partial charge in [0.25, 0.3) is 0 Å². The number of aromatic hydroxyl groups is 1. The minimum absolute atomic E-state index is 0. The zero-order chi connectivity index (χ0) is 55.7. The molecule has 5 aromatic rings. The van der Waals surface area contributed by atoms with Gasteiger partial charge in [0.1, 0.15) is 64.5 Å². The van der Waals surface area contributed by atoms with Crippen LogP contribution in [0.3, 0.4) is 0 Å². The van der Waals surface area contributed by atoms with Crippen LogP contribution < -0.4 is 99.6 Å². The number of phenols is 1. The van der Waals surface area contributed by atoms with Crippen molar-refractivity contribution in [2.45, 2.75) is 104 Å². The number of fused-ring (bicyclic) bond motifs is 23. The maximum atomic E-state index is 12.4. The van der Waals surface area contributed by atoms with Gasteiger partial charge in [-0.25, -0.2) is 55.2 Å². The van der Waals surface area contributed by atoms with Crippen LogP contribution in [0.1, 0.15) is 105 Å². The van der Waals surface area contributed by atoms with Crippen molar-refractivity contribution in [1.82, 2.24) is 39.9 Å². The van der Waals surface area contributed by atoms with E-state index in [2.05, 4.69) is 51.6 Å². The number of hydrogen-bond donors (Lipinski definition) is 4. The van der Waals surface area contributed by atoms with E-state index in [9.17, 15) is 49.1 Å². The smallest absolute Gasteiger partial charge is 0.744 e.